The summed E-state index contributed by atoms with van der Waals surface area (Å²) in [5.41, 5.74) is 0.368. The Balaban J connectivity index is 2.87. The normalized spacial score (nSPS) is 11.0. The molecule has 0 aliphatic heterocycles. The molecule has 1 N–H and O–H groups in total. The molecule has 0 fully saturated rings. The van der Waals surface area contributed by atoms with E-state index in [1.165, 1.54) is 13.3 Å². The fourth-order valence-corrected chi connectivity index (χ4v) is 1.16. The van der Waals surface area contributed by atoms with Crippen LogP contribution < -0.4 is 5.32 Å². The number of amides is 1. The Labute approximate surface area is 77.4 Å². The van der Waals surface area contributed by atoms with E-state index < -0.39 is 5.54 Å². The molecule has 1 aromatic rings. The van der Waals surface area contributed by atoms with E-state index in [9.17, 15) is 4.79 Å². The average molecular weight is 179 g/mol. The lowest BCUT2D eigenvalue weighted by molar-refractivity contribution is -0.120. The standard InChI is InChI=1S/C9H13N3O/c1-7(13)12-9(2,3)8-4-5-10-6-11-8/h4-6H,1-3H3,(H,12,13). The number of nitrogens with zero attached hydrogens (tertiary/aromatic N) is 2. The highest BCUT2D eigenvalue weighted by atomic mass is 16.1. The first-order valence-electron chi connectivity index (χ1n) is 4.07. The van der Waals surface area contributed by atoms with Crippen LogP contribution >= 0.6 is 0 Å². The van der Waals surface area contributed by atoms with Gasteiger partial charge < -0.3 is 5.32 Å². The van der Waals surface area contributed by atoms with Crippen LogP contribution in [0.1, 0.15) is 26.5 Å². The summed E-state index contributed by atoms with van der Waals surface area (Å²) in [5.74, 6) is -0.0661. The van der Waals surface area contributed by atoms with Crippen molar-refractivity contribution in [3.8, 4) is 0 Å². The van der Waals surface area contributed by atoms with Gasteiger partial charge in [-0.3, -0.25) is 4.79 Å². The molecule has 1 rings (SSSR count). The topological polar surface area (TPSA) is 54.9 Å². The number of carbonyl (C=O) groups is 1. The molecule has 1 heterocycles. The lowest BCUT2D eigenvalue weighted by atomic mass is 10.0. The molecule has 0 unspecified atom stereocenters. The molecule has 0 spiro atoms. The predicted molar refractivity (Wildman–Crippen MR) is 48.9 cm³/mol. The van der Waals surface area contributed by atoms with Crippen LogP contribution in [0.25, 0.3) is 0 Å². The van der Waals surface area contributed by atoms with E-state index in [0.717, 1.165) is 5.69 Å². The van der Waals surface area contributed by atoms with E-state index in [4.69, 9.17) is 0 Å². The lowest BCUT2D eigenvalue weighted by Gasteiger charge is -2.24. The largest absolute Gasteiger partial charge is 0.346 e. The summed E-state index contributed by atoms with van der Waals surface area (Å²) in [6, 6.07) is 1.79. The molecule has 0 aliphatic carbocycles. The molecule has 0 atom stereocenters. The van der Waals surface area contributed by atoms with Crippen molar-refractivity contribution in [3.63, 3.8) is 0 Å². The zero-order valence-electron chi connectivity index (χ0n) is 8.03. The fraction of sp³-hybridized carbons (Fsp3) is 0.444. The zero-order chi connectivity index (χ0) is 9.90. The number of hydrogen-bond donors (Lipinski definition) is 1. The van der Waals surface area contributed by atoms with Crippen LogP contribution in [0.4, 0.5) is 0 Å². The van der Waals surface area contributed by atoms with Crippen molar-refractivity contribution in [2.75, 3.05) is 0 Å². The lowest BCUT2D eigenvalue weighted by Crippen LogP contribution is -2.40. The maximum Gasteiger partial charge on any atom is 0.217 e. The van der Waals surface area contributed by atoms with E-state index in [2.05, 4.69) is 15.3 Å². The van der Waals surface area contributed by atoms with Crippen LogP contribution in [0.15, 0.2) is 18.6 Å². The van der Waals surface area contributed by atoms with Gasteiger partial charge in [-0.2, -0.15) is 0 Å². The molecular weight excluding hydrogens is 166 g/mol. The summed E-state index contributed by atoms with van der Waals surface area (Å²) in [6.07, 6.45) is 3.13. The maximum absolute atomic E-state index is 10.9. The molecule has 0 bridgehead atoms. The summed E-state index contributed by atoms with van der Waals surface area (Å²) in [7, 11) is 0. The highest BCUT2D eigenvalue weighted by Gasteiger charge is 2.22. The Morgan fingerprint density at radius 3 is 2.69 bits per heavy atom. The van der Waals surface area contributed by atoms with Gasteiger partial charge in [-0.15, -0.1) is 0 Å². The van der Waals surface area contributed by atoms with E-state index in [1.807, 2.05) is 13.8 Å². The van der Waals surface area contributed by atoms with E-state index >= 15 is 0 Å². The molecule has 0 radical (unpaired) electrons. The van der Waals surface area contributed by atoms with Gasteiger partial charge in [-0.25, -0.2) is 9.97 Å². The van der Waals surface area contributed by atoms with Crippen molar-refractivity contribution < 1.29 is 4.79 Å². The minimum absolute atomic E-state index is 0.0661. The minimum atomic E-state index is -0.436. The number of aromatic nitrogens is 2. The van der Waals surface area contributed by atoms with Crippen LogP contribution in [0.3, 0.4) is 0 Å². The van der Waals surface area contributed by atoms with Gasteiger partial charge in [-0.1, -0.05) is 0 Å². The molecule has 0 saturated heterocycles. The monoisotopic (exact) mass is 179 g/mol. The number of rotatable bonds is 2. The van der Waals surface area contributed by atoms with Crippen molar-refractivity contribution in [2.45, 2.75) is 26.3 Å². The quantitative estimate of drug-likeness (QED) is 0.732. The van der Waals surface area contributed by atoms with Crippen molar-refractivity contribution in [3.05, 3.63) is 24.3 Å². The van der Waals surface area contributed by atoms with Gasteiger partial charge in [0.2, 0.25) is 5.91 Å². The third-order valence-electron chi connectivity index (χ3n) is 1.71. The first-order valence-corrected chi connectivity index (χ1v) is 4.07. The molecule has 0 aliphatic rings. The van der Waals surface area contributed by atoms with Crippen molar-refractivity contribution in [1.82, 2.24) is 15.3 Å². The van der Waals surface area contributed by atoms with Gasteiger partial charge in [0.15, 0.2) is 0 Å². The molecular formula is C9H13N3O. The Bertz CT molecular complexity index is 295. The number of nitrogens with one attached hydrogen (secondary N) is 1. The molecule has 0 aromatic carbocycles. The average Bonchev–Trinajstić information content (AvgIpc) is 2.04. The SMILES string of the molecule is CC(=O)NC(C)(C)c1ccncn1. The predicted octanol–water partition coefficient (Wildman–Crippen LogP) is 0.848. The van der Waals surface area contributed by atoms with E-state index in [0.29, 0.717) is 0 Å². The second kappa shape index (κ2) is 3.51. The first kappa shape index (κ1) is 9.64. The molecule has 1 amide bonds. The van der Waals surface area contributed by atoms with Gasteiger partial charge in [0.05, 0.1) is 11.2 Å². The van der Waals surface area contributed by atoms with E-state index in [-0.39, 0.29) is 5.91 Å². The van der Waals surface area contributed by atoms with Crippen molar-refractivity contribution in [1.29, 1.82) is 0 Å². The van der Waals surface area contributed by atoms with Crippen molar-refractivity contribution >= 4 is 5.91 Å². The van der Waals surface area contributed by atoms with Crippen molar-refractivity contribution in [2.24, 2.45) is 0 Å². The second-order valence-electron chi connectivity index (χ2n) is 3.40. The number of carbonyl (C=O) groups excluding carboxylic acids is 1. The van der Waals surface area contributed by atoms with Gasteiger partial charge in [0.1, 0.15) is 6.33 Å². The summed E-state index contributed by atoms with van der Waals surface area (Å²) in [4.78, 5) is 18.8. The van der Waals surface area contributed by atoms with E-state index in [1.54, 1.807) is 12.3 Å². The number of hydrogen-bond acceptors (Lipinski definition) is 3. The molecule has 70 valence electrons. The molecule has 0 saturated carbocycles. The highest BCUT2D eigenvalue weighted by molar-refractivity contribution is 5.73. The second-order valence-corrected chi connectivity index (χ2v) is 3.40. The molecule has 13 heavy (non-hydrogen) atoms. The third kappa shape index (κ3) is 2.50. The highest BCUT2D eigenvalue weighted by Crippen LogP contribution is 2.15. The minimum Gasteiger partial charge on any atom is -0.346 e. The Morgan fingerprint density at radius 2 is 2.23 bits per heavy atom. The summed E-state index contributed by atoms with van der Waals surface area (Å²) in [6.45, 7) is 5.29. The fourth-order valence-electron chi connectivity index (χ4n) is 1.16. The first-order chi connectivity index (χ1) is 6.02. The summed E-state index contributed by atoms with van der Waals surface area (Å²) < 4.78 is 0. The Hall–Kier alpha value is -1.45. The molecule has 4 heteroatoms. The van der Waals surface area contributed by atoms with Gasteiger partial charge in [0.25, 0.3) is 0 Å². The molecule has 4 nitrogen and oxygen atoms in total. The maximum atomic E-state index is 10.9. The van der Waals surface area contributed by atoms with Crippen LogP contribution in [-0.4, -0.2) is 15.9 Å². The van der Waals surface area contributed by atoms with Crippen LogP contribution in [0.5, 0.6) is 0 Å². The van der Waals surface area contributed by atoms with Gasteiger partial charge >= 0.3 is 0 Å². The summed E-state index contributed by atoms with van der Waals surface area (Å²) >= 11 is 0. The smallest absolute Gasteiger partial charge is 0.217 e. The Kier molecular flexibility index (Phi) is 2.60. The molecule has 1 aromatic heterocycles. The van der Waals surface area contributed by atoms with Crippen LogP contribution in [-0.2, 0) is 10.3 Å². The van der Waals surface area contributed by atoms with Gasteiger partial charge in [0, 0.05) is 13.1 Å². The Morgan fingerprint density at radius 1 is 1.54 bits per heavy atom. The zero-order valence-corrected chi connectivity index (χ0v) is 8.03. The van der Waals surface area contributed by atoms with Crippen LogP contribution in [0.2, 0.25) is 0 Å². The third-order valence-corrected chi connectivity index (χ3v) is 1.71. The van der Waals surface area contributed by atoms with Gasteiger partial charge in [-0.05, 0) is 19.9 Å². The summed E-state index contributed by atoms with van der Waals surface area (Å²) in [5, 5.41) is 2.81. The van der Waals surface area contributed by atoms with Crippen LogP contribution in [0, 0.1) is 0 Å².